The molecule has 1 aromatic carbocycles. The van der Waals surface area contributed by atoms with Gasteiger partial charge in [-0.1, -0.05) is 30.4 Å². The van der Waals surface area contributed by atoms with Gasteiger partial charge in [0.05, 0.1) is 26.4 Å². The van der Waals surface area contributed by atoms with Crippen molar-refractivity contribution in [1.29, 1.82) is 0 Å². The van der Waals surface area contributed by atoms with E-state index in [2.05, 4.69) is 24.3 Å². The molecule has 2 saturated heterocycles. The maximum Gasteiger partial charge on any atom is 0.120 e. The third-order valence-corrected chi connectivity index (χ3v) is 3.54. The predicted molar refractivity (Wildman–Crippen MR) is 85.2 cm³/mol. The number of benzene rings is 1. The minimum atomic E-state index is 0.282. The summed E-state index contributed by atoms with van der Waals surface area (Å²) in [7, 11) is 0. The molecule has 4 heteroatoms. The SMILES string of the molecule is CC=c1cc(OCC2CO2)ccc1=CC=CCOCC1CO1. The van der Waals surface area contributed by atoms with Crippen molar-refractivity contribution < 1.29 is 18.9 Å². The van der Waals surface area contributed by atoms with E-state index in [4.69, 9.17) is 18.9 Å². The quantitative estimate of drug-likeness (QED) is 0.531. The lowest BCUT2D eigenvalue weighted by atomic mass is 10.2. The first-order valence-electron chi connectivity index (χ1n) is 7.72. The summed E-state index contributed by atoms with van der Waals surface area (Å²) in [4.78, 5) is 0. The van der Waals surface area contributed by atoms with Gasteiger partial charge in [0.25, 0.3) is 0 Å². The van der Waals surface area contributed by atoms with E-state index >= 15 is 0 Å². The van der Waals surface area contributed by atoms with Gasteiger partial charge >= 0.3 is 0 Å². The molecule has 0 spiro atoms. The maximum atomic E-state index is 5.70. The summed E-state index contributed by atoms with van der Waals surface area (Å²) >= 11 is 0. The van der Waals surface area contributed by atoms with Gasteiger partial charge in [-0.05, 0) is 29.5 Å². The van der Waals surface area contributed by atoms with Gasteiger partial charge in [0.1, 0.15) is 24.6 Å². The molecule has 0 radical (unpaired) electrons. The molecule has 2 aliphatic rings. The van der Waals surface area contributed by atoms with Crippen molar-refractivity contribution in [2.45, 2.75) is 19.1 Å². The van der Waals surface area contributed by atoms with E-state index in [0.717, 1.165) is 24.2 Å². The topological polar surface area (TPSA) is 43.5 Å². The molecule has 4 nitrogen and oxygen atoms in total. The van der Waals surface area contributed by atoms with Crippen LogP contribution in [0.5, 0.6) is 5.75 Å². The normalized spacial score (nSPS) is 25.0. The van der Waals surface area contributed by atoms with E-state index in [-0.39, 0.29) is 6.10 Å². The Hall–Kier alpha value is -1.62. The summed E-state index contributed by atoms with van der Waals surface area (Å²) in [5.74, 6) is 0.887. The van der Waals surface area contributed by atoms with Crippen molar-refractivity contribution >= 4 is 12.2 Å². The first kappa shape index (κ1) is 15.3. The van der Waals surface area contributed by atoms with Crippen LogP contribution in [-0.2, 0) is 14.2 Å². The van der Waals surface area contributed by atoms with Gasteiger partial charge < -0.3 is 18.9 Å². The molecule has 2 aliphatic heterocycles. The largest absolute Gasteiger partial charge is 0.491 e. The monoisotopic (exact) mass is 302 g/mol. The Bertz CT molecular complexity index is 627. The molecule has 118 valence electrons. The van der Waals surface area contributed by atoms with Crippen molar-refractivity contribution in [2.75, 3.05) is 33.0 Å². The molecule has 22 heavy (non-hydrogen) atoms. The number of allylic oxidation sites excluding steroid dienone is 1. The fourth-order valence-corrected chi connectivity index (χ4v) is 2.06. The minimum Gasteiger partial charge on any atom is -0.491 e. The number of rotatable bonds is 8. The van der Waals surface area contributed by atoms with Gasteiger partial charge in [-0.3, -0.25) is 0 Å². The molecular weight excluding hydrogens is 280 g/mol. The Kier molecular flexibility index (Phi) is 5.27. The fourth-order valence-electron chi connectivity index (χ4n) is 2.06. The second-order valence-electron chi connectivity index (χ2n) is 5.43. The molecule has 0 amide bonds. The van der Waals surface area contributed by atoms with Gasteiger partial charge in [0.2, 0.25) is 0 Å². The van der Waals surface area contributed by atoms with Gasteiger partial charge in [-0.15, -0.1) is 0 Å². The molecule has 0 aromatic heterocycles. The van der Waals surface area contributed by atoms with E-state index in [1.807, 2.05) is 25.1 Å². The van der Waals surface area contributed by atoms with Crippen LogP contribution in [0.3, 0.4) is 0 Å². The highest BCUT2D eigenvalue weighted by Gasteiger charge is 2.23. The second kappa shape index (κ2) is 7.58. The van der Waals surface area contributed by atoms with Crippen LogP contribution in [0.1, 0.15) is 6.92 Å². The van der Waals surface area contributed by atoms with E-state index in [9.17, 15) is 0 Å². The predicted octanol–water partition coefficient (Wildman–Crippen LogP) is 1.02. The van der Waals surface area contributed by atoms with Crippen molar-refractivity contribution in [2.24, 2.45) is 0 Å². The van der Waals surface area contributed by atoms with Crippen LogP contribution in [0.15, 0.2) is 30.4 Å². The third-order valence-electron chi connectivity index (χ3n) is 3.54. The molecule has 2 atom stereocenters. The molecule has 0 N–H and O–H groups in total. The highest BCUT2D eigenvalue weighted by molar-refractivity contribution is 5.41. The fraction of sp³-hybridized carbons (Fsp3) is 0.444. The number of hydrogen-bond donors (Lipinski definition) is 0. The molecule has 0 bridgehead atoms. The Morgan fingerprint density at radius 1 is 1.14 bits per heavy atom. The summed E-state index contributed by atoms with van der Waals surface area (Å²) in [6, 6.07) is 6.13. The zero-order valence-electron chi connectivity index (χ0n) is 12.9. The molecule has 1 aromatic rings. The zero-order valence-corrected chi connectivity index (χ0v) is 12.9. The Morgan fingerprint density at radius 3 is 2.64 bits per heavy atom. The number of hydrogen-bond acceptors (Lipinski definition) is 4. The van der Waals surface area contributed by atoms with Crippen LogP contribution in [0.25, 0.3) is 12.2 Å². The van der Waals surface area contributed by atoms with Gasteiger partial charge in [-0.2, -0.15) is 0 Å². The standard InChI is InChI=1S/C18H22O4/c1-2-14-9-16(20-12-18-13-22-18)7-6-15(14)5-3-4-8-19-10-17-11-21-17/h2-7,9,17-18H,8,10-13H2,1H3. The molecule has 2 unspecified atom stereocenters. The first-order valence-corrected chi connectivity index (χ1v) is 7.72. The zero-order chi connectivity index (χ0) is 15.2. The summed E-state index contributed by atoms with van der Waals surface area (Å²) in [6.07, 6.45) is 8.81. The number of epoxide rings is 2. The summed E-state index contributed by atoms with van der Waals surface area (Å²) in [6.45, 7) is 5.63. The maximum absolute atomic E-state index is 5.70. The Morgan fingerprint density at radius 2 is 1.91 bits per heavy atom. The van der Waals surface area contributed by atoms with Crippen molar-refractivity contribution in [3.05, 3.63) is 40.8 Å². The van der Waals surface area contributed by atoms with Gasteiger partial charge in [0.15, 0.2) is 0 Å². The van der Waals surface area contributed by atoms with Crippen molar-refractivity contribution in [1.82, 2.24) is 0 Å². The minimum absolute atomic E-state index is 0.282. The molecule has 0 saturated carbocycles. The Labute approximate surface area is 130 Å². The smallest absolute Gasteiger partial charge is 0.120 e. The second-order valence-corrected chi connectivity index (χ2v) is 5.43. The van der Waals surface area contributed by atoms with Crippen LogP contribution in [0, 0.1) is 0 Å². The first-order chi connectivity index (χ1) is 10.8. The van der Waals surface area contributed by atoms with Crippen LogP contribution in [-0.4, -0.2) is 45.2 Å². The van der Waals surface area contributed by atoms with Gasteiger partial charge in [0, 0.05) is 0 Å². The van der Waals surface area contributed by atoms with E-state index in [0.29, 0.717) is 25.9 Å². The van der Waals surface area contributed by atoms with Gasteiger partial charge in [-0.25, -0.2) is 0 Å². The molecule has 2 heterocycles. The lowest BCUT2D eigenvalue weighted by Crippen LogP contribution is -2.23. The average Bonchev–Trinajstić information content (AvgIpc) is 3.43. The van der Waals surface area contributed by atoms with Crippen LogP contribution in [0.2, 0.25) is 0 Å². The molecule has 3 rings (SSSR count). The summed E-state index contributed by atoms with van der Waals surface area (Å²) < 4.78 is 21.4. The summed E-state index contributed by atoms with van der Waals surface area (Å²) in [5.41, 5.74) is 0. The van der Waals surface area contributed by atoms with E-state index in [1.165, 1.54) is 5.22 Å². The van der Waals surface area contributed by atoms with Crippen molar-refractivity contribution in [3.8, 4) is 5.75 Å². The lowest BCUT2D eigenvalue weighted by Gasteiger charge is -2.03. The number of ether oxygens (including phenoxy) is 4. The molecule has 0 aliphatic carbocycles. The van der Waals surface area contributed by atoms with Crippen molar-refractivity contribution in [3.63, 3.8) is 0 Å². The van der Waals surface area contributed by atoms with E-state index in [1.54, 1.807) is 0 Å². The lowest BCUT2D eigenvalue weighted by molar-refractivity contribution is 0.141. The highest BCUT2D eigenvalue weighted by Crippen LogP contribution is 2.12. The van der Waals surface area contributed by atoms with Crippen LogP contribution >= 0.6 is 0 Å². The highest BCUT2D eigenvalue weighted by atomic mass is 16.6. The van der Waals surface area contributed by atoms with Crippen LogP contribution < -0.4 is 15.2 Å². The van der Waals surface area contributed by atoms with Crippen LogP contribution in [0.4, 0.5) is 0 Å². The summed E-state index contributed by atoms with van der Waals surface area (Å²) in [5, 5.41) is 2.32. The molecule has 2 fully saturated rings. The third kappa shape index (κ3) is 4.98. The van der Waals surface area contributed by atoms with E-state index < -0.39 is 0 Å². The average molecular weight is 302 g/mol. The Balaban J connectivity index is 1.56. The molecular formula is C18H22O4.